The molecule has 0 unspecified atom stereocenters. The molecule has 0 aliphatic rings. The van der Waals surface area contributed by atoms with Gasteiger partial charge in [-0.3, -0.25) is 9.59 Å². The number of hydrogen-bond acceptors (Lipinski definition) is 2. The van der Waals surface area contributed by atoms with E-state index in [1.165, 1.54) is 6.07 Å². The van der Waals surface area contributed by atoms with Gasteiger partial charge in [-0.1, -0.05) is 0 Å². The molecule has 1 heterocycles. The first-order valence-corrected chi connectivity index (χ1v) is 3.31. The van der Waals surface area contributed by atoms with Gasteiger partial charge in [-0.15, -0.1) is 0 Å². The smallest absolute Gasteiger partial charge is 0.265 e. The van der Waals surface area contributed by atoms with Gasteiger partial charge in [-0.2, -0.15) is 0 Å². The fourth-order valence-corrected chi connectivity index (χ4v) is 0.956. The van der Waals surface area contributed by atoms with Crippen molar-refractivity contribution in [2.24, 2.45) is 12.8 Å². The van der Waals surface area contributed by atoms with E-state index in [2.05, 4.69) is 5.32 Å². The zero-order valence-electron chi connectivity index (χ0n) is 6.57. The average Bonchev–Trinajstić information content (AvgIpc) is 2.32. The van der Waals surface area contributed by atoms with Crippen molar-refractivity contribution >= 4 is 18.0 Å². The van der Waals surface area contributed by atoms with Gasteiger partial charge in [0, 0.05) is 13.2 Å². The normalized spacial score (nSPS) is 9.42. The molecule has 0 radical (unpaired) electrons. The summed E-state index contributed by atoms with van der Waals surface area (Å²) in [6, 6.07) is 1.51. The Labute approximate surface area is 69.2 Å². The minimum atomic E-state index is -0.517. The Morgan fingerprint density at radius 3 is 2.83 bits per heavy atom. The molecule has 3 N–H and O–H groups in total. The van der Waals surface area contributed by atoms with Gasteiger partial charge in [0.15, 0.2) is 0 Å². The van der Waals surface area contributed by atoms with Crippen LogP contribution in [0.25, 0.3) is 0 Å². The number of nitrogens with zero attached hydrogens (tertiary/aromatic N) is 1. The summed E-state index contributed by atoms with van der Waals surface area (Å²) >= 11 is 0. The number of nitrogens with two attached hydrogens (primary N) is 1. The molecule has 64 valence electrons. The van der Waals surface area contributed by atoms with Gasteiger partial charge in [0.2, 0.25) is 6.41 Å². The van der Waals surface area contributed by atoms with E-state index in [0.717, 1.165) is 0 Å². The largest absolute Gasteiger partial charge is 0.364 e. The van der Waals surface area contributed by atoms with Crippen LogP contribution in [0.3, 0.4) is 0 Å². The van der Waals surface area contributed by atoms with Crippen molar-refractivity contribution in [2.45, 2.75) is 0 Å². The van der Waals surface area contributed by atoms with E-state index < -0.39 is 5.91 Å². The van der Waals surface area contributed by atoms with E-state index in [1.54, 1.807) is 17.8 Å². The topological polar surface area (TPSA) is 77.1 Å². The summed E-state index contributed by atoms with van der Waals surface area (Å²) in [5.41, 5.74) is 5.97. The van der Waals surface area contributed by atoms with Crippen LogP contribution in [0.2, 0.25) is 0 Å². The minimum absolute atomic E-state index is 0.361. The number of aryl methyl sites for hydroxylation is 1. The van der Waals surface area contributed by atoms with Crippen molar-refractivity contribution in [1.82, 2.24) is 4.57 Å². The van der Waals surface area contributed by atoms with E-state index in [1.807, 2.05) is 0 Å². The quantitative estimate of drug-likeness (QED) is 0.606. The van der Waals surface area contributed by atoms with Crippen LogP contribution in [0.5, 0.6) is 0 Å². The molecule has 1 rings (SSSR count). The number of rotatable bonds is 3. The highest BCUT2D eigenvalue weighted by molar-refractivity contribution is 5.93. The summed E-state index contributed by atoms with van der Waals surface area (Å²) in [7, 11) is 1.68. The number of primary amides is 1. The number of carbonyl (C=O) groups excluding carboxylic acids is 2. The van der Waals surface area contributed by atoms with Crippen molar-refractivity contribution in [3.63, 3.8) is 0 Å². The Kier molecular flexibility index (Phi) is 2.14. The molecular formula is C7H9N3O2. The maximum absolute atomic E-state index is 10.7. The van der Waals surface area contributed by atoms with Crippen molar-refractivity contribution in [2.75, 3.05) is 5.32 Å². The summed E-state index contributed by atoms with van der Waals surface area (Å²) in [5, 5.41) is 2.41. The molecule has 0 saturated carbocycles. The van der Waals surface area contributed by atoms with Crippen LogP contribution in [-0.2, 0) is 11.8 Å². The maximum atomic E-state index is 10.7. The van der Waals surface area contributed by atoms with Crippen LogP contribution in [0.4, 0.5) is 5.69 Å². The number of amides is 2. The number of hydrogen-bond donors (Lipinski definition) is 2. The number of carbonyl (C=O) groups is 2. The molecule has 0 saturated heterocycles. The minimum Gasteiger partial charge on any atom is -0.364 e. The van der Waals surface area contributed by atoms with Crippen LogP contribution in [0.1, 0.15) is 10.5 Å². The van der Waals surface area contributed by atoms with Crippen molar-refractivity contribution < 1.29 is 9.59 Å². The molecule has 0 spiro atoms. The zero-order chi connectivity index (χ0) is 9.14. The van der Waals surface area contributed by atoms with Gasteiger partial charge < -0.3 is 15.6 Å². The maximum Gasteiger partial charge on any atom is 0.265 e. The number of anilines is 1. The third-order valence-electron chi connectivity index (χ3n) is 1.48. The average molecular weight is 167 g/mol. The van der Waals surface area contributed by atoms with E-state index in [-0.39, 0.29) is 0 Å². The molecule has 5 heteroatoms. The lowest BCUT2D eigenvalue weighted by Crippen LogP contribution is -2.14. The molecule has 1 aromatic rings. The van der Waals surface area contributed by atoms with Crippen LogP contribution in [0.15, 0.2) is 12.3 Å². The van der Waals surface area contributed by atoms with E-state index >= 15 is 0 Å². The Hall–Kier alpha value is -1.78. The molecule has 5 nitrogen and oxygen atoms in total. The molecule has 0 aliphatic heterocycles. The number of aromatic nitrogens is 1. The molecular weight excluding hydrogens is 158 g/mol. The lowest BCUT2D eigenvalue weighted by atomic mass is 10.4. The third kappa shape index (κ3) is 1.45. The van der Waals surface area contributed by atoms with Crippen molar-refractivity contribution in [3.05, 3.63) is 18.0 Å². The predicted molar refractivity (Wildman–Crippen MR) is 43.6 cm³/mol. The third-order valence-corrected chi connectivity index (χ3v) is 1.48. The first kappa shape index (κ1) is 8.32. The SMILES string of the molecule is Cn1cc(NC=O)cc1C(N)=O. The van der Waals surface area contributed by atoms with Crippen LogP contribution in [-0.4, -0.2) is 16.9 Å². The van der Waals surface area contributed by atoms with Gasteiger partial charge in [0.05, 0.1) is 5.69 Å². The fraction of sp³-hybridized carbons (Fsp3) is 0.143. The first-order chi connectivity index (χ1) is 5.65. The van der Waals surface area contributed by atoms with Crippen molar-refractivity contribution in [1.29, 1.82) is 0 Å². The molecule has 2 amide bonds. The van der Waals surface area contributed by atoms with Gasteiger partial charge in [0.1, 0.15) is 5.69 Å². The summed E-state index contributed by atoms with van der Waals surface area (Å²) in [6.45, 7) is 0. The first-order valence-electron chi connectivity index (χ1n) is 3.31. The monoisotopic (exact) mass is 167 g/mol. The van der Waals surface area contributed by atoms with Gasteiger partial charge in [0.25, 0.3) is 5.91 Å². The predicted octanol–water partition coefficient (Wildman–Crippen LogP) is -0.308. The fourth-order valence-electron chi connectivity index (χ4n) is 0.956. The summed E-state index contributed by atoms with van der Waals surface area (Å²) in [5.74, 6) is -0.517. The molecule has 0 fully saturated rings. The molecule has 0 aliphatic carbocycles. The molecule has 1 aromatic heterocycles. The number of nitrogens with one attached hydrogen (secondary N) is 1. The Morgan fingerprint density at radius 1 is 1.75 bits per heavy atom. The van der Waals surface area contributed by atoms with E-state index in [4.69, 9.17) is 5.73 Å². The molecule has 12 heavy (non-hydrogen) atoms. The highest BCUT2D eigenvalue weighted by Gasteiger charge is 2.06. The van der Waals surface area contributed by atoms with Gasteiger partial charge in [-0.05, 0) is 6.07 Å². The standard InChI is InChI=1S/C7H9N3O2/c1-10-3-5(9-4-11)2-6(10)7(8)12/h2-4H,1H3,(H2,8,12)(H,9,11). The highest BCUT2D eigenvalue weighted by Crippen LogP contribution is 2.10. The Bertz CT molecular complexity index is 316. The second-order valence-corrected chi connectivity index (χ2v) is 2.35. The van der Waals surface area contributed by atoms with Gasteiger partial charge >= 0.3 is 0 Å². The summed E-state index contributed by atoms with van der Waals surface area (Å²) in [4.78, 5) is 20.8. The van der Waals surface area contributed by atoms with Crippen LogP contribution < -0.4 is 11.1 Å². The van der Waals surface area contributed by atoms with E-state index in [0.29, 0.717) is 17.8 Å². The molecule has 0 bridgehead atoms. The highest BCUT2D eigenvalue weighted by atomic mass is 16.1. The zero-order valence-corrected chi connectivity index (χ0v) is 6.57. The molecule has 0 atom stereocenters. The Balaban J connectivity index is 2.99. The molecule has 0 aromatic carbocycles. The second kappa shape index (κ2) is 3.08. The van der Waals surface area contributed by atoms with Gasteiger partial charge in [-0.25, -0.2) is 0 Å². The van der Waals surface area contributed by atoms with Crippen molar-refractivity contribution in [3.8, 4) is 0 Å². The lowest BCUT2D eigenvalue weighted by molar-refractivity contribution is -0.105. The summed E-state index contributed by atoms with van der Waals surface area (Å²) < 4.78 is 1.55. The second-order valence-electron chi connectivity index (χ2n) is 2.35. The van der Waals surface area contributed by atoms with Crippen LogP contribution in [0, 0.1) is 0 Å². The Morgan fingerprint density at radius 2 is 2.42 bits per heavy atom. The lowest BCUT2D eigenvalue weighted by Gasteiger charge is -1.93. The van der Waals surface area contributed by atoms with Crippen LogP contribution >= 0.6 is 0 Å². The summed E-state index contributed by atoms with van der Waals surface area (Å²) in [6.07, 6.45) is 2.15. The van der Waals surface area contributed by atoms with E-state index in [9.17, 15) is 9.59 Å².